The maximum atomic E-state index is 13.6. The van der Waals surface area contributed by atoms with Crippen molar-refractivity contribution in [2.75, 3.05) is 0 Å². The number of fused-ring (bicyclic) bond motifs is 2. The highest BCUT2D eigenvalue weighted by molar-refractivity contribution is 5.88. The van der Waals surface area contributed by atoms with Gasteiger partial charge in [-0.1, -0.05) is 42.5 Å². The van der Waals surface area contributed by atoms with E-state index in [1.165, 1.54) is 16.5 Å². The second-order valence-corrected chi connectivity index (χ2v) is 8.09. The topological polar surface area (TPSA) is 75.9 Å². The van der Waals surface area contributed by atoms with Crippen molar-refractivity contribution in [1.82, 2.24) is 24.6 Å². The lowest BCUT2D eigenvalue weighted by Gasteiger charge is -2.13. The Bertz CT molecular complexity index is 1550. The van der Waals surface area contributed by atoms with Crippen LogP contribution in [0.4, 0.5) is 0 Å². The van der Waals surface area contributed by atoms with Crippen LogP contribution < -0.4 is 5.56 Å². The van der Waals surface area contributed by atoms with Gasteiger partial charge in [0.05, 0.1) is 16.6 Å². The van der Waals surface area contributed by atoms with E-state index < -0.39 is 0 Å². The molecule has 0 saturated heterocycles. The maximum Gasteiger partial charge on any atom is 0.282 e. The van der Waals surface area contributed by atoms with Crippen molar-refractivity contribution in [3.05, 3.63) is 89.1 Å². The quantitative estimate of drug-likeness (QED) is 0.433. The molecule has 6 rings (SSSR count). The third-order valence-electron chi connectivity index (χ3n) is 6.10. The van der Waals surface area contributed by atoms with Crippen molar-refractivity contribution in [1.29, 1.82) is 0 Å². The van der Waals surface area contributed by atoms with Crippen LogP contribution >= 0.6 is 0 Å². The molecule has 0 amide bonds. The summed E-state index contributed by atoms with van der Waals surface area (Å²) in [7, 11) is 0. The lowest BCUT2D eigenvalue weighted by atomic mass is 9.92. The largest absolute Gasteiger partial charge is 0.345 e. The Balaban J connectivity index is 1.59. The highest BCUT2D eigenvalue weighted by Gasteiger charge is 2.22. The van der Waals surface area contributed by atoms with E-state index >= 15 is 0 Å². The predicted octanol–water partition coefficient (Wildman–Crippen LogP) is 5.26. The van der Waals surface area contributed by atoms with Gasteiger partial charge in [-0.05, 0) is 49.0 Å². The molecule has 2 aromatic carbocycles. The van der Waals surface area contributed by atoms with E-state index in [1.807, 2.05) is 48.5 Å². The molecule has 0 saturated carbocycles. The lowest BCUT2D eigenvalue weighted by molar-refractivity contribution is 0.742. The maximum absolute atomic E-state index is 13.6. The fourth-order valence-corrected chi connectivity index (χ4v) is 4.52. The number of hydrogen-bond donors (Lipinski definition) is 1. The molecule has 0 bridgehead atoms. The molecule has 0 aliphatic heterocycles. The molecule has 6 heteroatoms. The molecule has 0 radical (unpaired) electrons. The highest BCUT2D eigenvalue weighted by atomic mass is 16.1. The van der Waals surface area contributed by atoms with E-state index in [1.54, 1.807) is 18.6 Å². The average Bonchev–Trinajstić information content (AvgIpc) is 3.26. The Kier molecular flexibility index (Phi) is 4.42. The van der Waals surface area contributed by atoms with Gasteiger partial charge < -0.3 is 4.98 Å². The first-order valence-corrected chi connectivity index (χ1v) is 10.9. The first-order chi connectivity index (χ1) is 15.8. The number of nitrogens with one attached hydrogen (secondary N) is 1. The smallest absolute Gasteiger partial charge is 0.282 e. The van der Waals surface area contributed by atoms with Gasteiger partial charge in [0.15, 0.2) is 0 Å². The third-order valence-corrected chi connectivity index (χ3v) is 6.10. The summed E-state index contributed by atoms with van der Waals surface area (Å²) in [6.07, 6.45) is 11.8. The minimum Gasteiger partial charge on any atom is -0.345 e. The summed E-state index contributed by atoms with van der Waals surface area (Å²) in [5.41, 5.74) is 7.62. The minimum absolute atomic E-state index is 0.151. The molecule has 1 aliphatic carbocycles. The van der Waals surface area contributed by atoms with Crippen LogP contribution in [-0.2, 0) is 0 Å². The highest BCUT2D eigenvalue weighted by Crippen LogP contribution is 2.36. The molecule has 5 aromatic rings. The summed E-state index contributed by atoms with van der Waals surface area (Å²) >= 11 is 0. The molecule has 3 heterocycles. The van der Waals surface area contributed by atoms with Gasteiger partial charge in [-0.3, -0.25) is 14.8 Å². The molecule has 0 spiro atoms. The first-order valence-electron chi connectivity index (χ1n) is 10.9. The molecule has 0 unspecified atom stereocenters. The summed E-state index contributed by atoms with van der Waals surface area (Å²) in [4.78, 5) is 25.6. The molecule has 0 fully saturated rings. The van der Waals surface area contributed by atoms with Crippen LogP contribution in [0.2, 0.25) is 0 Å². The number of rotatable bonds is 3. The molecule has 156 valence electrons. The molecule has 1 aliphatic rings. The Hall–Kier alpha value is -4.06. The zero-order chi connectivity index (χ0) is 21.5. The summed E-state index contributed by atoms with van der Waals surface area (Å²) in [6.45, 7) is 0. The number of nitrogens with zero attached hydrogens (tertiary/aromatic N) is 4. The van der Waals surface area contributed by atoms with Crippen molar-refractivity contribution in [2.24, 2.45) is 0 Å². The molecular formula is C26H21N5O. The number of aromatic amines is 1. The number of allylic oxidation sites excluding steroid dienone is 2. The zero-order valence-electron chi connectivity index (χ0n) is 17.5. The second kappa shape index (κ2) is 7.57. The van der Waals surface area contributed by atoms with E-state index in [2.05, 4.69) is 21.0 Å². The van der Waals surface area contributed by atoms with Gasteiger partial charge in [0.1, 0.15) is 11.3 Å². The SMILES string of the molecule is O=c1c(-c2ccc3nccnc3c2)c[nH]c2c(C3=CCCCC3)c(-c3ccccc3)nn12. The third kappa shape index (κ3) is 3.03. The molecular weight excluding hydrogens is 398 g/mol. The fraction of sp³-hybridized carbons (Fsp3) is 0.154. The van der Waals surface area contributed by atoms with Crippen LogP contribution in [0, 0.1) is 0 Å². The van der Waals surface area contributed by atoms with Crippen LogP contribution in [-0.4, -0.2) is 24.6 Å². The Morgan fingerprint density at radius 3 is 2.56 bits per heavy atom. The summed E-state index contributed by atoms with van der Waals surface area (Å²) in [5.74, 6) is 0. The van der Waals surface area contributed by atoms with Gasteiger partial charge in [0, 0.05) is 29.7 Å². The summed E-state index contributed by atoms with van der Waals surface area (Å²) in [6, 6.07) is 15.8. The average molecular weight is 419 g/mol. The first kappa shape index (κ1) is 18.7. The number of benzene rings is 2. The van der Waals surface area contributed by atoms with Crippen LogP contribution in [0.15, 0.2) is 78.0 Å². The van der Waals surface area contributed by atoms with Crippen LogP contribution in [0.1, 0.15) is 31.2 Å². The fourth-order valence-electron chi connectivity index (χ4n) is 4.52. The summed E-state index contributed by atoms with van der Waals surface area (Å²) in [5, 5.41) is 4.81. The van der Waals surface area contributed by atoms with E-state index in [4.69, 9.17) is 5.10 Å². The van der Waals surface area contributed by atoms with Crippen molar-refractivity contribution in [2.45, 2.75) is 25.7 Å². The van der Waals surface area contributed by atoms with Gasteiger partial charge in [0.25, 0.3) is 5.56 Å². The van der Waals surface area contributed by atoms with Crippen LogP contribution in [0.5, 0.6) is 0 Å². The van der Waals surface area contributed by atoms with Gasteiger partial charge in [-0.25, -0.2) is 0 Å². The number of aromatic nitrogens is 5. The number of hydrogen-bond acceptors (Lipinski definition) is 4. The van der Waals surface area contributed by atoms with Crippen LogP contribution in [0.25, 0.3) is 44.6 Å². The molecule has 3 aromatic heterocycles. The predicted molar refractivity (Wildman–Crippen MR) is 126 cm³/mol. The van der Waals surface area contributed by atoms with E-state index in [0.29, 0.717) is 5.56 Å². The zero-order valence-corrected chi connectivity index (χ0v) is 17.5. The second-order valence-electron chi connectivity index (χ2n) is 8.09. The molecule has 32 heavy (non-hydrogen) atoms. The monoisotopic (exact) mass is 419 g/mol. The van der Waals surface area contributed by atoms with Gasteiger partial charge in [0.2, 0.25) is 0 Å². The molecule has 1 N–H and O–H groups in total. The standard InChI is InChI=1S/C26H21N5O/c32-26-20(19-11-12-21-22(15-19)28-14-13-27-21)16-29-25-23(17-7-3-1-4-8-17)24(30-31(25)26)18-9-5-2-6-10-18/h2,5-7,9-16,29H,1,3-4,8H2. The van der Waals surface area contributed by atoms with Gasteiger partial charge in [-0.15, -0.1) is 0 Å². The van der Waals surface area contributed by atoms with Crippen LogP contribution in [0.3, 0.4) is 0 Å². The number of H-pyrrole nitrogens is 1. The van der Waals surface area contributed by atoms with Gasteiger partial charge in [-0.2, -0.15) is 9.61 Å². The lowest BCUT2D eigenvalue weighted by Crippen LogP contribution is -2.17. The molecule has 0 atom stereocenters. The minimum atomic E-state index is -0.151. The Morgan fingerprint density at radius 1 is 0.906 bits per heavy atom. The van der Waals surface area contributed by atoms with Crippen molar-refractivity contribution >= 4 is 22.3 Å². The van der Waals surface area contributed by atoms with Gasteiger partial charge >= 0.3 is 0 Å². The molecule has 6 nitrogen and oxygen atoms in total. The van der Waals surface area contributed by atoms with E-state index in [9.17, 15) is 4.79 Å². The van der Waals surface area contributed by atoms with E-state index in [-0.39, 0.29) is 5.56 Å². The van der Waals surface area contributed by atoms with Crippen molar-refractivity contribution in [3.63, 3.8) is 0 Å². The van der Waals surface area contributed by atoms with Crippen molar-refractivity contribution in [3.8, 4) is 22.4 Å². The van der Waals surface area contributed by atoms with Crippen molar-refractivity contribution < 1.29 is 0 Å². The Labute approximate surface area is 184 Å². The Morgan fingerprint density at radius 2 is 1.75 bits per heavy atom. The summed E-state index contributed by atoms with van der Waals surface area (Å²) < 4.78 is 1.52. The van der Waals surface area contributed by atoms with E-state index in [0.717, 1.165) is 58.3 Å². The normalized spacial score (nSPS) is 14.1.